The number of nitrogens with one attached hydrogen (secondary N) is 2. The van der Waals surface area contributed by atoms with E-state index in [-0.39, 0.29) is 11.8 Å². The van der Waals surface area contributed by atoms with Gasteiger partial charge in [0.1, 0.15) is 5.75 Å². The lowest BCUT2D eigenvalue weighted by Gasteiger charge is -2.10. The first-order chi connectivity index (χ1) is 12.0. The van der Waals surface area contributed by atoms with Crippen LogP contribution in [0.3, 0.4) is 0 Å². The van der Waals surface area contributed by atoms with Gasteiger partial charge in [-0.2, -0.15) is 0 Å². The van der Waals surface area contributed by atoms with Gasteiger partial charge >= 0.3 is 0 Å². The summed E-state index contributed by atoms with van der Waals surface area (Å²) < 4.78 is 5.54. The van der Waals surface area contributed by atoms with Crippen molar-refractivity contribution in [2.75, 3.05) is 18.5 Å². The Labute approximate surface area is 147 Å². The van der Waals surface area contributed by atoms with Gasteiger partial charge in [0.05, 0.1) is 18.7 Å². The summed E-state index contributed by atoms with van der Waals surface area (Å²) in [6.45, 7) is 4.94. The van der Waals surface area contributed by atoms with Gasteiger partial charge in [0.25, 0.3) is 5.91 Å². The van der Waals surface area contributed by atoms with E-state index in [0.29, 0.717) is 43.0 Å². The number of benzene rings is 2. The second kappa shape index (κ2) is 7.38. The number of amides is 2. The van der Waals surface area contributed by atoms with Crippen LogP contribution in [0.5, 0.6) is 5.75 Å². The van der Waals surface area contributed by atoms with E-state index in [1.54, 1.807) is 0 Å². The van der Waals surface area contributed by atoms with E-state index < -0.39 is 0 Å². The van der Waals surface area contributed by atoms with Gasteiger partial charge in [-0.3, -0.25) is 9.59 Å². The summed E-state index contributed by atoms with van der Waals surface area (Å²) >= 11 is 0. The van der Waals surface area contributed by atoms with Crippen molar-refractivity contribution in [3.05, 3.63) is 58.7 Å². The Bertz CT molecular complexity index is 815. The van der Waals surface area contributed by atoms with Crippen LogP contribution in [-0.2, 0) is 11.2 Å². The summed E-state index contributed by atoms with van der Waals surface area (Å²) in [5.41, 5.74) is 4.68. The SMILES string of the molecule is Cc1ccc(C(=O)NCCc2ccc3c(c2)NC(=O)CCO3)cc1C. The number of fused-ring (bicyclic) bond motifs is 1. The predicted octanol–water partition coefficient (Wildman–Crippen LogP) is 3.00. The van der Waals surface area contributed by atoms with Gasteiger partial charge in [-0.15, -0.1) is 0 Å². The molecule has 130 valence electrons. The molecule has 1 aliphatic heterocycles. The number of aryl methyl sites for hydroxylation is 2. The molecule has 2 N–H and O–H groups in total. The monoisotopic (exact) mass is 338 g/mol. The molecule has 0 spiro atoms. The summed E-state index contributed by atoms with van der Waals surface area (Å²) in [6.07, 6.45) is 1.04. The summed E-state index contributed by atoms with van der Waals surface area (Å²) in [5.74, 6) is 0.571. The summed E-state index contributed by atoms with van der Waals surface area (Å²) in [5, 5.41) is 5.79. The molecule has 0 saturated heterocycles. The Morgan fingerprint density at radius 2 is 2.00 bits per heavy atom. The lowest BCUT2D eigenvalue weighted by Crippen LogP contribution is -2.25. The number of anilines is 1. The van der Waals surface area contributed by atoms with Gasteiger partial charge in [0.15, 0.2) is 0 Å². The first kappa shape index (κ1) is 17.0. The van der Waals surface area contributed by atoms with E-state index in [1.165, 1.54) is 5.56 Å². The summed E-state index contributed by atoms with van der Waals surface area (Å²) in [4.78, 5) is 23.9. The minimum Gasteiger partial charge on any atom is -0.491 e. The highest BCUT2D eigenvalue weighted by Gasteiger charge is 2.14. The first-order valence-corrected chi connectivity index (χ1v) is 8.44. The van der Waals surface area contributed by atoms with Crippen LogP contribution >= 0.6 is 0 Å². The van der Waals surface area contributed by atoms with E-state index in [1.807, 2.05) is 50.2 Å². The molecular weight excluding hydrogens is 316 g/mol. The Hall–Kier alpha value is -2.82. The molecule has 1 aliphatic rings. The largest absolute Gasteiger partial charge is 0.491 e. The quantitative estimate of drug-likeness (QED) is 0.900. The summed E-state index contributed by atoms with van der Waals surface area (Å²) in [7, 11) is 0. The van der Waals surface area contributed by atoms with Gasteiger partial charge in [-0.05, 0) is 61.2 Å². The van der Waals surface area contributed by atoms with Crippen molar-refractivity contribution < 1.29 is 14.3 Å². The van der Waals surface area contributed by atoms with Crippen LogP contribution < -0.4 is 15.4 Å². The smallest absolute Gasteiger partial charge is 0.251 e. The molecular formula is C20H22N2O3. The number of hydrogen-bond donors (Lipinski definition) is 2. The van der Waals surface area contributed by atoms with Crippen molar-refractivity contribution in [3.63, 3.8) is 0 Å². The highest BCUT2D eigenvalue weighted by atomic mass is 16.5. The Kier molecular flexibility index (Phi) is 5.03. The van der Waals surface area contributed by atoms with Crippen molar-refractivity contribution >= 4 is 17.5 Å². The zero-order chi connectivity index (χ0) is 17.8. The Morgan fingerprint density at radius 1 is 1.16 bits per heavy atom. The standard InChI is InChI=1S/C20H22N2O3/c1-13-3-5-16(11-14(13)2)20(24)21-9-7-15-4-6-18-17(12-15)22-19(23)8-10-25-18/h3-6,11-12H,7-10H2,1-2H3,(H,21,24)(H,22,23). The molecule has 5 heteroatoms. The maximum atomic E-state index is 12.2. The van der Waals surface area contributed by atoms with E-state index in [0.717, 1.165) is 11.1 Å². The van der Waals surface area contributed by atoms with E-state index in [4.69, 9.17) is 4.74 Å². The van der Waals surface area contributed by atoms with Crippen molar-refractivity contribution in [2.24, 2.45) is 0 Å². The van der Waals surface area contributed by atoms with E-state index in [9.17, 15) is 9.59 Å². The highest BCUT2D eigenvalue weighted by Crippen LogP contribution is 2.28. The fraction of sp³-hybridized carbons (Fsp3) is 0.300. The molecule has 0 unspecified atom stereocenters. The molecule has 1 heterocycles. The molecule has 0 atom stereocenters. The summed E-state index contributed by atoms with van der Waals surface area (Å²) in [6, 6.07) is 11.4. The third-order valence-corrected chi connectivity index (χ3v) is 4.37. The van der Waals surface area contributed by atoms with Gasteiger partial charge < -0.3 is 15.4 Å². The van der Waals surface area contributed by atoms with Crippen LogP contribution in [0.25, 0.3) is 0 Å². The van der Waals surface area contributed by atoms with Gasteiger partial charge in [0.2, 0.25) is 5.91 Å². The number of carbonyl (C=O) groups is 2. The second-order valence-electron chi connectivity index (χ2n) is 6.28. The molecule has 0 bridgehead atoms. The molecule has 2 aromatic carbocycles. The predicted molar refractivity (Wildman–Crippen MR) is 97.1 cm³/mol. The van der Waals surface area contributed by atoms with Gasteiger partial charge in [-0.1, -0.05) is 12.1 Å². The normalized spacial score (nSPS) is 13.3. The van der Waals surface area contributed by atoms with E-state index >= 15 is 0 Å². The molecule has 25 heavy (non-hydrogen) atoms. The molecule has 0 aromatic heterocycles. The first-order valence-electron chi connectivity index (χ1n) is 8.44. The van der Waals surface area contributed by atoms with Crippen molar-refractivity contribution in [1.29, 1.82) is 0 Å². The third-order valence-electron chi connectivity index (χ3n) is 4.37. The fourth-order valence-corrected chi connectivity index (χ4v) is 2.73. The van der Waals surface area contributed by atoms with Gasteiger partial charge in [-0.25, -0.2) is 0 Å². The maximum absolute atomic E-state index is 12.2. The van der Waals surface area contributed by atoms with Crippen molar-refractivity contribution in [3.8, 4) is 5.75 Å². The minimum absolute atomic E-state index is 0.0426. The third kappa shape index (κ3) is 4.18. The number of hydrogen-bond acceptors (Lipinski definition) is 3. The number of rotatable bonds is 4. The zero-order valence-electron chi connectivity index (χ0n) is 14.5. The minimum atomic E-state index is -0.0745. The lowest BCUT2D eigenvalue weighted by molar-refractivity contribution is -0.116. The molecule has 0 radical (unpaired) electrons. The second-order valence-corrected chi connectivity index (χ2v) is 6.28. The maximum Gasteiger partial charge on any atom is 0.251 e. The molecule has 2 aromatic rings. The zero-order valence-corrected chi connectivity index (χ0v) is 14.5. The Balaban J connectivity index is 1.59. The molecule has 0 fully saturated rings. The lowest BCUT2D eigenvalue weighted by atomic mass is 10.1. The topological polar surface area (TPSA) is 67.4 Å². The molecule has 5 nitrogen and oxygen atoms in total. The van der Waals surface area contributed by atoms with Crippen LogP contribution in [-0.4, -0.2) is 25.0 Å². The number of ether oxygens (including phenoxy) is 1. The van der Waals surface area contributed by atoms with Gasteiger partial charge in [0, 0.05) is 12.1 Å². The molecule has 3 rings (SSSR count). The molecule has 2 amide bonds. The van der Waals surface area contributed by atoms with Crippen molar-refractivity contribution in [1.82, 2.24) is 5.32 Å². The Morgan fingerprint density at radius 3 is 2.80 bits per heavy atom. The average Bonchev–Trinajstić information content (AvgIpc) is 2.77. The van der Waals surface area contributed by atoms with Crippen LogP contribution in [0.4, 0.5) is 5.69 Å². The highest BCUT2D eigenvalue weighted by molar-refractivity contribution is 5.94. The fourth-order valence-electron chi connectivity index (χ4n) is 2.73. The molecule has 0 saturated carbocycles. The van der Waals surface area contributed by atoms with Crippen molar-refractivity contribution in [2.45, 2.75) is 26.7 Å². The number of carbonyl (C=O) groups excluding carboxylic acids is 2. The van der Waals surface area contributed by atoms with Crippen LogP contribution in [0, 0.1) is 13.8 Å². The molecule has 0 aliphatic carbocycles. The van der Waals surface area contributed by atoms with Crippen LogP contribution in [0.15, 0.2) is 36.4 Å². The van der Waals surface area contributed by atoms with Crippen LogP contribution in [0.2, 0.25) is 0 Å². The van der Waals surface area contributed by atoms with E-state index in [2.05, 4.69) is 10.6 Å². The average molecular weight is 338 g/mol. The van der Waals surface area contributed by atoms with Crippen LogP contribution in [0.1, 0.15) is 33.5 Å².